The van der Waals surface area contributed by atoms with E-state index in [4.69, 9.17) is 10.2 Å². The maximum atomic E-state index is 12.2. The highest BCUT2D eigenvalue weighted by Gasteiger charge is 2.20. The summed E-state index contributed by atoms with van der Waals surface area (Å²) in [6.07, 6.45) is -0.286. The molecule has 1 aromatic carbocycles. The summed E-state index contributed by atoms with van der Waals surface area (Å²) in [5, 5.41) is 17.7. The van der Waals surface area contributed by atoms with E-state index in [1.807, 2.05) is 6.07 Å². The van der Waals surface area contributed by atoms with Crippen LogP contribution in [0, 0.1) is 19.8 Å². The Bertz CT molecular complexity index is 582. The molecule has 0 aliphatic heterocycles. The van der Waals surface area contributed by atoms with Gasteiger partial charge in [-0.1, -0.05) is 12.1 Å². The molecule has 0 radical (unpaired) electrons. The molecule has 1 rings (SSSR count). The topological polar surface area (TPSA) is 104 Å². The van der Waals surface area contributed by atoms with E-state index >= 15 is 0 Å². The van der Waals surface area contributed by atoms with Gasteiger partial charge in [0.25, 0.3) is 0 Å². The van der Waals surface area contributed by atoms with Crippen LogP contribution in [-0.2, 0) is 14.8 Å². The first-order valence-electron chi connectivity index (χ1n) is 6.16. The van der Waals surface area contributed by atoms with Crippen LogP contribution < -0.4 is 4.72 Å². The van der Waals surface area contributed by atoms with Gasteiger partial charge in [0, 0.05) is 19.1 Å². The maximum absolute atomic E-state index is 12.2. The Morgan fingerprint density at radius 3 is 2.55 bits per heavy atom. The third-order valence-electron chi connectivity index (χ3n) is 2.92. The maximum Gasteiger partial charge on any atom is 0.303 e. The van der Waals surface area contributed by atoms with Crippen molar-refractivity contribution < 1.29 is 23.4 Å². The molecule has 1 aromatic rings. The summed E-state index contributed by atoms with van der Waals surface area (Å²) in [5.41, 5.74) is 1.43. The minimum Gasteiger partial charge on any atom is -0.481 e. The lowest BCUT2D eigenvalue weighted by atomic mass is 10.1. The fraction of sp³-hybridized carbons (Fsp3) is 0.462. The van der Waals surface area contributed by atoms with Gasteiger partial charge in [-0.25, -0.2) is 13.1 Å². The third kappa shape index (κ3) is 4.59. The van der Waals surface area contributed by atoms with Crippen molar-refractivity contribution in [3.63, 3.8) is 0 Å². The first-order valence-corrected chi connectivity index (χ1v) is 7.64. The van der Waals surface area contributed by atoms with Gasteiger partial charge in [-0.3, -0.25) is 4.79 Å². The monoisotopic (exact) mass is 301 g/mol. The second-order valence-electron chi connectivity index (χ2n) is 4.77. The predicted molar refractivity (Wildman–Crippen MR) is 73.9 cm³/mol. The number of hydrogen-bond acceptors (Lipinski definition) is 4. The average Bonchev–Trinajstić information content (AvgIpc) is 2.36. The van der Waals surface area contributed by atoms with E-state index in [9.17, 15) is 13.2 Å². The Morgan fingerprint density at radius 2 is 2.00 bits per heavy atom. The van der Waals surface area contributed by atoms with Gasteiger partial charge >= 0.3 is 5.97 Å². The Hall–Kier alpha value is -1.44. The minimum absolute atomic E-state index is 0.113. The molecule has 0 aliphatic rings. The largest absolute Gasteiger partial charge is 0.481 e. The Labute approximate surface area is 118 Å². The zero-order valence-electron chi connectivity index (χ0n) is 11.5. The van der Waals surface area contributed by atoms with Crippen molar-refractivity contribution in [2.45, 2.75) is 25.2 Å². The molecule has 20 heavy (non-hydrogen) atoms. The van der Waals surface area contributed by atoms with Crippen LogP contribution in [0.5, 0.6) is 0 Å². The van der Waals surface area contributed by atoms with Crippen molar-refractivity contribution in [3.05, 3.63) is 29.3 Å². The molecule has 112 valence electrons. The smallest absolute Gasteiger partial charge is 0.303 e. The summed E-state index contributed by atoms with van der Waals surface area (Å²) >= 11 is 0. The molecule has 1 atom stereocenters. The van der Waals surface area contributed by atoms with Crippen LogP contribution in [-0.4, -0.2) is 37.8 Å². The Kier molecular flexibility index (Phi) is 5.67. The van der Waals surface area contributed by atoms with Crippen molar-refractivity contribution in [3.8, 4) is 0 Å². The van der Waals surface area contributed by atoms with Gasteiger partial charge in [-0.2, -0.15) is 0 Å². The molecule has 0 fully saturated rings. The van der Waals surface area contributed by atoms with Crippen molar-refractivity contribution in [2.24, 2.45) is 5.92 Å². The van der Waals surface area contributed by atoms with Crippen LogP contribution in [0.1, 0.15) is 17.5 Å². The van der Waals surface area contributed by atoms with Crippen LogP contribution in [0.4, 0.5) is 0 Å². The first-order chi connectivity index (χ1) is 9.26. The second kappa shape index (κ2) is 6.83. The van der Waals surface area contributed by atoms with Crippen molar-refractivity contribution in [1.29, 1.82) is 0 Å². The average molecular weight is 301 g/mol. The third-order valence-corrected chi connectivity index (χ3v) is 4.48. The molecule has 0 saturated carbocycles. The van der Waals surface area contributed by atoms with Gasteiger partial charge in [0.15, 0.2) is 0 Å². The van der Waals surface area contributed by atoms with E-state index in [0.29, 0.717) is 5.56 Å². The first kappa shape index (κ1) is 16.6. The van der Waals surface area contributed by atoms with E-state index in [2.05, 4.69) is 4.72 Å². The molecule has 0 amide bonds. The van der Waals surface area contributed by atoms with E-state index in [0.717, 1.165) is 5.56 Å². The molecule has 0 aromatic heterocycles. The van der Waals surface area contributed by atoms with Crippen LogP contribution in [0.2, 0.25) is 0 Å². The molecule has 0 aliphatic carbocycles. The van der Waals surface area contributed by atoms with E-state index < -0.39 is 21.9 Å². The number of nitrogens with one attached hydrogen (secondary N) is 1. The molecule has 3 N–H and O–H groups in total. The minimum atomic E-state index is -3.71. The van der Waals surface area contributed by atoms with Gasteiger partial charge < -0.3 is 10.2 Å². The zero-order chi connectivity index (χ0) is 15.3. The molecule has 0 saturated heterocycles. The number of benzene rings is 1. The lowest BCUT2D eigenvalue weighted by molar-refractivity contribution is -0.138. The van der Waals surface area contributed by atoms with E-state index in [1.165, 1.54) is 0 Å². The number of aliphatic hydroxyl groups is 1. The second-order valence-corrected chi connectivity index (χ2v) is 6.50. The normalized spacial score (nSPS) is 13.2. The molecule has 7 heteroatoms. The molecule has 0 bridgehead atoms. The predicted octanol–water partition coefficient (Wildman–Crippen LogP) is 0.665. The fourth-order valence-corrected chi connectivity index (χ4v) is 3.19. The number of carbonyl (C=O) groups is 1. The van der Waals surface area contributed by atoms with Crippen molar-refractivity contribution in [1.82, 2.24) is 4.72 Å². The highest BCUT2D eigenvalue weighted by atomic mass is 32.2. The van der Waals surface area contributed by atoms with Gasteiger partial charge in [0.05, 0.1) is 11.3 Å². The summed E-state index contributed by atoms with van der Waals surface area (Å²) in [6.45, 7) is 2.98. The van der Waals surface area contributed by atoms with E-state index in [1.54, 1.807) is 26.0 Å². The molecular weight excluding hydrogens is 282 g/mol. The number of sulfonamides is 1. The lowest BCUT2D eigenvalue weighted by Gasteiger charge is -2.14. The molecule has 6 nitrogen and oxygen atoms in total. The number of aliphatic hydroxyl groups excluding tert-OH is 1. The van der Waals surface area contributed by atoms with Crippen LogP contribution >= 0.6 is 0 Å². The summed E-state index contributed by atoms with van der Waals surface area (Å²) < 4.78 is 26.7. The van der Waals surface area contributed by atoms with Crippen LogP contribution in [0.25, 0.3) is 0 Å². The highest BCUT2D eigenvalue weighted by molar-refractivity contribution is 7.89. The molecule has 1 unspecified atom stereocenters. The van der Waals surface area contributed by atoms with Crippen LogP contribution in [0.15, 0.2) is 23.1 Å². The fourth-order valence-electron chi connectivity index (χ4n) is 1.75. The van der Waals surface area contributed by atoms with Crippen LogP contribution in [0.3, 0.4) is 0 Å². The number of aliphatic carboxylic acids is 1. The molecule has 0 heterocycles. The SMILES string of the molecule is Cc1ccc(C)c(S(=O)(=O)NCC(CO)CC(=O)O)c1. The standard InChI is InChI=1S/C13H19NO5S/c1-9-3-4-10(2)12(5-9)20(18,19)14-7-11(8-15)6-13(16)17/h3-5,11,14-15H,6-8H2,1-2H3,(H,16,17). The van der Waals surface area contributed by atoms with Gasteiger partial charge in [-0.05, 0) is 31.0 Å². The van der Waals surface area contributed by atoms with Gasteiger partial charge in [-0.15, -0.1) is 0 Å². The van der Waals surface area contributed by atoms with Crippen molar-refractivity contribution in [2.75, 3.05) is 13.2 Å². The summed E-state index contributed by atoms with van der Waals surface area (Å²) in [7, 11) is -3.71. The lowest BCUT2D eigenvalue weighted by Crippen LogP contribution is -2.32. The Balaban J connectivity index is 2.84. The number of carboxylic acids is 1. The molecular formula is C13H19NO5S. The number of carboxylic acid groups (broad SMARTS) is 1. The summed E-state index contributed by atoms with van der Waals surface area (Å²) in [6, 6.07) is 5.09. The summed E-state index contributed by atoms with van der Waals surface area (Å²) in [5.74, 6) is -1.72. The number of hydrogen-bond donors (Lipinski definition) is 3. The summed E-state index contributed by atoms with van der Waals surface area (Å²) in [4.78, 5) is 10.7. The highest BCUT2D eigenvalue weighted by Crippen LogP contribution is 2.16. The van der Waals surface area contributed by atoms with Crippen molar-refractivity contribution >= 4 is 16.0 Å². The quantitative estimate of drug-likeness (QED) is 0.686. The van der Waals surface area contributed by atoms with Gasteiger partial charge in [0.1, 0.15) is 0 Å². The number of rotatable bonds is 7. The Morgan fingerprint density at radius 1 is 1.35 bits per heavy atom. The zero-order valence-corrected chi connectivity index (χ0v) is 12.3. The molecule has 0 spiro atoms. The van der Waals surface area contributed by atoms with E-state index in [-0.39, 0.29) is 24.5 Å². The van der Waals surface area contributed by atoms with Gasteiger partial charge in [0.2, 0.25) is 10.0 Å². The number of aryl methyl sites for hydroxylation is 2.